The summed E-state index contributed by atoms with van der Waals surface area (Å²) in [7, 11) is 0. The monoisotopic (exact) mass is 309 g/mol. The maximum absolute atomic E-state index is 12.2. The summed E-state index contributed by atoms with van der Waals surface area (Å²) in [6, 6.07) is 5.67. The van der Waals surface area contributed by atoms with E-state index >= 15 is 0 Å². The van der Waals surface area contributed by atoms with Crippen molar-refractivity contribution in [1.29, 1.82) is 0 Å². The molecule has 0 saturated carbocycles. The highest BCUT2D eigenvalue weighted by Crippen LogP contribution is 2.26. The smallest absolute Gasteiger partial charge is 0.228 e. The molecule has 0 unspecified atom stereocenters. The number of hydrogen-bond acceptors (Lipinski definition) is 3. The van der Waals surface area contributed by atoms with Crippen LogP contribution in [0.3, 0.4) is 0 Å². The first-order valence-corrected chi connectivity index (χ1v) is 7.17. The second kappa shape index (κ2) is 6.91. The third-order valence-electron chi connectivity index (χ3n) is 3.94. The van der Waals surface area contributed by atoms with Gasteiger partial charge < -0.3 is 16.0 Å². The fraction of sp³-hybridized carbons (Fsp3) is 0.467. The first-order valence-electron chi connectivity index (χ1n) is 7.17. The summed E-state index contributed by atoms with van der Waals surface area (Å²) >= 11 is 0. The second-order valence-electron chi connectivity index (χ2n) is 5.45. The minimum Gasteiger partial charge on any atom is -0.326 e. The van der Waals surface area contributed by atoms with Crippen LogP contribution in [0.2, 0.25) is 0 Å². The van der Waals surface area contributed by atoms with Crippen molar-refractivity contribution in [2.45, 2.75) is 25.7 Å². The Balaban J connectivity index is 0.00000161. The third kappa shape index (κ3) is 3.74. The van der Waals surface area contributed by atoms with E-state index in [1.54, 1.807) is 0 Å². The molecular formula is C15H20ClN3O2. The number of carbonyl (C=O) groups excluding carboxylic acids is 2. The van der Waals surface area contributed by atoms with Crippen molar-refractivity contribution in [3.05, 3.63) is 23.8 Å². The van der Waals surface area contributed by atoms with Crippen molar-refractivity contribution < 1.29 is 9.59 Å². The molecule has 1 saturated heterocycles. The molecule has 0 spiro atoms. The number of piperidine rings is 1. The second-order valence-corrected chi connectivity index (χ2v) is 5.45. The van der Waals surface area contributed by atoms with Crippen LogP contribution in [0.5, 0.6) is 0 Å². The van der Waals surface area contributed by atoms with E-state index in [1.165, 1.54) is 0 Å². The molecule has 2 heterocycles. The molecule has 5 nitrogen and oxygen atoms in total. The van der Waals surface area contributed by atoms with E-state index in [9.17, 15) is 9.59 Å². The molecule has 3 rings (SSSR count). The molecule has 0 bridgehead atoms. The van der Waals surface area contributed by atoms with Gasteiger partial charge >= 0.3 is 0 Å². The Morgan fingerprint density at radius 1 is 1.29 bits per heavy atom. The molecule has 1 atom stereocenters. The average Bonchev–Trinajstić information content (AvgIpc) is 2.48. The molecule has 1 aromatic rings. The Kier molecular flexibility index (Phi) is 5.20. The highest BCUT2D eigenvalue weighted by molar-refractivity contribution is 5.96. The third-order valence-corrected chi connectivity index (χ3v) is 3.94. The van der Waals surface area contributed by atoms with E-state index in [-0.39, 0.29) is 30.1 Å². The van der Waals surface area contributed by atoms with Crippen LogP contribution in [0.25, 0.3) is 0 Å². The van der Waals surface area contributed by atoms with Crippen molar-refractivity contribution in [1.82, 2.24) is 5.32 Å². The first-order chi connectivity index (χ1) is 9.72. The fourth-order valence-electron chi connectivity index (χ4n) is 2.78. The molecule has 21 heavy (non-hydrogen) atoms. The van der Waals surface area contributed by atoms with Gasteiger partial charge in [0, 0.05) is 24.3 Å². The van der Waals surface area contributed by atoms with Crippen molar-refractivity contribution in [3.63, 3.8) is 0 Å². The molecule has 2 aliphatic rings. The fourth-order valence-corrected chi connectivity index (χ4v) is 2.78. The van der Waals surface area contributed by atoms with Crippen LogP contribution < -0.4 is 16.0 Å². The summed E-state index contributed by atoms with van der Waals surface area (Å²) in [6.07, 6.45) is 3.24. The summed E-state index contributed by atoms with van der Waals surface area (Å²) in [5.74, 6) is 0.194. The number of amides is 2. The van der Waals surface area contributed by atoms with Crippen LogP contribution in [-0.2, 0) is 16.0 Å². The van der Waals surface area contributed by atoms with E-state index in [1.807, 2.05) is 18.2 Å². The van der Waals surface area contributed by atoms with Crippen LogP contribution in [0, 0.1) is 5.92 Å². The van der Waals surface area contributed by atoms with Crippen LogP contribution in [0.1, 0.15) is 24.8 Å². The Morgan fingerprint density at radius 3 is 2.90 bits per heavy atom. The molecule has 0 aliphatic carbocycles. The van der Waals surface area contributed by atoms with E-state index in [2.05, 4.69) is 16.0 Å². The number of hydrogen-bond donors (Lipinski definition) is 3. The van der Waals surface area contributed by atoms with Crippen molar-refractivity contribution >= 4 is 35.6 Å². The molecule has 6 heteroatoms. The number of carbonyl (C=O) groups is 2. The number of nitrogens with one attached hydrogen (secondary N) is 3. The molecule has 0 radical (unpaired) electrons. The zero-order valence-electron chi connectivity index (χ0n) is 11.8. The average molecular weight is 310 g/mol. The molecule has 2 aliphatic heterocycles. The van der Waals surface area contributed by atoms with E-state index in [0.717, 1.165) is 49.3 Å². The number of rotatable bonds is 2. The van der Waals surface area contributed by atoms with Crippen LogP contribution >= 0.6 is 12.4 Å². The van der Waals surface area contributed by atoms with Gasteiger partial charge in [0.05, 0.1) is 5.92 Å². The lowest BCUT2D eigenvalue weighted by Crippen LogP contribution is -2.37. The molecule has 3 N–H and O–H groups in total. The summed E-state index contributed by atoms with van der Waals surface area (Å²) in [4.78, 5) is 23.5. The summed E-state index contributed by atoms with van der Waals surface area (Å²) in [5.41, 5.74) is 2.76. The van der Waals surface area contributed by atoms with Gasteiger partial charge in [-0.25, -0.2) is 0 Å². The first kappa shape index (κ1) is 15.8. The van der Waals surface area contributed by atoms with Gasteiger partial charge in [0.1, 0.15) is 0 Å². The zero-order valence-corrected chi connectivity index (χ0v) is 12.6. The van der Waals surface area contributed by atoms with Gasteiger partial charge in [-0.3, -0.25) is 9.59 Å². The van der Waals surface area contributed by atoms with Gasteiger partial charge in [0.15, 0.2) is 0 Å². The van der Waals surface area contributed by atoms with Crippen molar-refractivity contribution in [2.24, 2.45) is 5.92 Å². The maximum Gasteiger partial charge on any atom is 0.228 e. The van der Waals surface area contributed by atoms with Gasteiger partial charge in [0.2, 0.25) is 11.8 Å². The molecule has 1 aromatic carbocycles. The highest BCUT2D eigenvalue weighted by atomic mass is 35.5. The summed E-state index contributed by atoms with van der Waals surface area (Å²) < 4.78 is 0. The number of fused-ring (bicyclic) bond motifs is 1. The van der Waals surface area contributed by atoms with Crippen molar-refractivity contribution in [3.8, 4) is 0 Å². The predicted octanol–water partition coefficient (Wildman–Crippen LogP) is 1.93. The van der Waals surface area contributed by atoms with Gasteiger partial charge in [-0.15, -0.1) is 12.4 Å². The Morgan fingerprint density at radius 2 is 2.14 bits per heavy atom. The molecule has 114 valence electrons. The summed E-state index contributed by atoms with van der Waals surface area (Å²) in [6.45, 7) is 1.76. The van der Waals surface area contributed by atoms with E-state index in [4.69, 9.17) is 0 Å². The lowest BCUT2D eigenvalue weighted by Gasteiger charge is -2.22. The van der Waals surface area contributed by atoms with E-state index in [0.29, 0.717) is 6.42 Å². The number of aryl methyl sites for hydroxylation is 1. The molecule has 2 amide bonds. The Bertz CT molecular complexity index is 542. The predicted molar refractivity (Wildman–Crippen MR) is 84.9 cm³/mol. The highest BCUT2D eigenvalue weighted by Gasteiger charge is 2.21. The van der Waals surface area contributed by atoms with Gasteiger partial charge in [-0.05, 0) is 49.6 Å². The molecule has 0 aromatic heterocycles. The standard InChI is InChI=1S/C15H19N3O2.ClH/c19-14-6-3-10-8-12(4-5-13(10)18-14)17-15(20)11-2-1-7-16-9-11;/h4-5,8,11,16H,1-3,6-7,9H2,(H,17,20)(H,18,19);1H/t11-;/m1./s1. The number of halogens is 1. The zero-order chi connectivity index (χ0) is 13.9. The van der Waals surface area contributed by atoms with Gasteiger partial charge in [-0.2, -0.15) is 0 Å². The van der Waals surface area contributed by atoms with Gasteiger partial charge in [0.25, 0.3) is 0 Å². The Hall–Kier alpha value is -1.59. The maximum atomic E-state index is 12.2. The van der Waals surface area contributed by atoms with Crippen LogP contribution in [0.4, 0.5) is 11.4 Å². The largest absolute Gasteiger partial charge is 0.326 e. The SMILES string of the molecule is Cl.O=C1CCc2cc(NC(=O)[C@@H]3CCCNC3)ccc2N1. The number of anilines is 2. The molecular weight excluding hydrogens is 290 g/mol. The normalized spacial score (nSPS) is 20.8. The van der Waals surface area contributed by atoms with Gasteiger partial charge in [-0.1, -0.05) is 0 Å². The Labute approximate surface area is 130 Å². The molecule has 1 fully saturated rings. The quantitative estimate of drug-likeness (QED) is 0.782. The van der Waals surface area contributed by atoms with Crippen molar-refractivity contribution in [2.75, 3.05) is 23.7 Å². The minimum atomic E-state index is 0. The van der Waals surface area contributed by atoms with E-state index < -0.39 is 0 Å². The topological polar surface area (TPSA) is 70.2 Å². The van der Waals surface area contributed by atoms with Crippen LogP contribution in [0.15, 0.2) is 18.2 Å². The summed E-state index contributed by atoms with van der Waals surface area (Å²) in [5, 5.41) is 9.07. The lowest BCUT2D eigenvalue weighted by molar-refractivity contribution is -0.120. The van der Waals surface area contributed by atoms with Crippen LogP contribution in [-0.4, -0.2) is 24.9 Å². The lowest BCUT2D eigenvalue weighted by atomic mass is 9.98. The number of benzene rings is 1. The minimum absolute atomic E-state index is 0.